The van der Waals surface area contributed by atoms with Gasteiger partial charge < -0.3 is 4.74 Å². The second-order valence-corrected chi connectivity index (χ2v) is 3.01. The van der Waals surface area contributed by atoms with Gasteiger partial charge in [0.25, 0.3) is 0 Å². The van der Waals surface area contributed by atoms with E-state index in [2.05, 4.69) is 14.8 Å². The summed E-state index contributed by atoms with van der Waals surface area (Å²) in [4.78, 5) is 24.7. The summed E-state index contributed by atoms with van der Waals surface area (Å²) in [6.45, 7) is 1.62. The summed E-state index contributed by atoms with van der Waals surface area (Å²) in [6, 6.07) is 2.79. The zero-order chi connectivity index (χ0) is 12.1. The van der Waals surface area contributed by atoms with Crippen LogP contribution in [0.1, 0.15) is 26.3 Å². The second kappa shape index (κ2) is 4.95. The second-order valence-electron chi connectivity index (χ2n) is 3.01. The first-order valence-corrected chi connectivity index (χ1v) is 4.37. The molecule has 0 radical (unpaired) electrons. The monoisotopic (exact) mass is 219 g/mol. The van der Waals surface area contributed by atoms with Crippen LogP contribution in [0.4, 0.5) is 5.69 Å². The fourth-order valence-electron chi connectivity index (χ4n) is 1.27. The smallest absolute Gasteiger partial charge is 0.338 e. The van der Waals surface area contributed by atoms with Crippen molar-refractivity contribution >= 4 is 17.9 Å². The number of nitrogens with zero attached hydrogens (tertiary/aromatic N) is 3. The van der Waals surface area contributed by atoms with E-state index in [0.717, 1.165) is 0 Å². The third-order valence-electron chi connectivity index (χ3n) is 2.13. The van der Waals surface area contributed by atoms with Gasteiger partial charge in [0.15, 0.2) is 0 Å². The first-order chi connectivity index (χ1) is 7.63. The average Bonchev–Trinajstić information content (AvgIpc) is 2.30. The van der Waals surface area contributed by atoms with Gasteiger partial charge in [0, 0.05) is 16.2 Å². The number of rotatable bonds is 3. The fraction of sp³-hybridized carbons (Fsp3) is 0.200. The highest BCUT2D eigenvalue weighted by molar-refractivity contribution is 5.95. The molecule has 0 atom stereocenters. The van der Waals surface area contributed by atoms with E-state index < -0.39 is 5.97 Å². The standard InChI is InChI=1S/C10H9N3O3/c1-6-7(5-14)3-8(12-13-11)4-9(6)10(15)16-2/h3-5H,1-2H3. The first kappa shape index (κ1) is 11.7. The van der Waals surface area contributed by atoms with Crippen molar-refractivity contribution in [3.63, 3.8) is 0 Å². The van der Waals surface area contributed by atoms with E-state index in [1.54, 1.807) is 6.92 Å². The molecule has 0 bridgehead atoms. The molecule has 0 aliphatic rings. The summed E-state index contributed by atoms with van der Waals surface area (Å²) in [5, 5.41) is 3.35. The fourth-order valence-corrected chi connectivity index (χ4v) is 1.27. The molecule has 0 amide bonds. The normalized spacial score (nSPS) is 9.12. The van der Waals surface area contributed by atoms with Crippen LogP contribution in [0.3, 0.4) is 0 Å². The van der Waals surface area contributed by atoms with E-state index in [1.807, 2.05) is 0 Å². The Bertz CT molecular complexity index is 490. The number of methoxy groups -OCH3 is 1. The first-order valence-electron chi connectivity index (χ1n) is 4.37. The largest absolute Gasteiger partial charge is 0.465 e. The number of carbonyl (C=O) groups excluding carboxylic acids is 2. The number of esters is 1. The molecule has 0 heterocycles. The van der Waals surface area contributed by atoms with Crippen molar-refractivity contribution in [2.75, 3.05) is 7.11 Å². The van der Waals surface area contributed by atoms with Crippen LogP contribution in [0.15, 0.2) is 17.2 Å². The number of ether oxygens (including phenoxy) is 1. The molecule has 0 aromatic heterocycles. The summed E-state index contributed by atoms with van der Waals surface area (Å²) in [5.74, 6) is -0.574. The van der Waals surface area contributed by atoms with Crippen molar-refractivity contribution in [2.45, 2.75) is 6.92 Å². The molecule has 0 N–H and O–H groups in total. The molecule has 1 aromatic carbocycles. The predicted octanol–water partition coefficient (Wildman–Crippen LogP) is 2.54. The van der Waals surface area contributed by atoms with Crippen LogP contribution in [0.2, 0.25) is 0 Å². The average molecular weight is 219 g/mol. The zero-order valence-electron chi connectivity index (χ0n) is 8.80. The number of hydrogen-bond acceptors (Lipinski definition) is 4. The molecule has 82 valence electrons. The van der Waals surface area contributed by atoms with E-state index in [0.29, 0.717) is 17.4 Å². The minimum Gasteiger partial charge on any atom is -0.465 e. The molecule has 0 saturated heterocycles. The van der Waals surface area contributed by atoms with Gasteiger partial charge in [0.05, 0.1) is 12.7 Å². The summed E-state index contributed by atoms with van der Waals surface area (Å²) >= 11 is 0. The molecule has 1 aromatic rings. The van der Waals surface area contributed by atoms with Crippen molar-refractivity contribution in [1.29, 1.82) is 0 Å². The van der Waals surface area contributed by atoms with Crippen LogP contribution in [-0.4, -0.2) is 19.4 Å². The maximum Gasteiger partial charge on any atom is 0.338 e. The minimum atomic E-state index is -0.574. The van der Waals surface area contributed by atoms with Crippen LogP contribution in [-0.2, 0) is 4.74 Å². The molecule has 0 fully saturated rings. The van der Waals surface area contributed by atoms with Crippen LogP contribution >= 0.6 is 0 Å². The van der Waals surface area contributed by atoms with Gasteiger partial charge in [-0.05, 0) is 30.2 Å². The van der Waals surface area contributed by atoms with Gasteiger partial charge in [-0.1, -0.05) is 5.11 Å². The Morgan fingerprint density at radius 3 is 2.75 bits per heavy atom. The summed E-state index contributed by atoms with van der Waals surface area (Å²) < 4.78 is 4.56. The lowest BCUT2D eigenvalue weighted by molar-refractivity contribution is 0.0600. The molecule has 0 aliphatic heterocycles. The molecule has 16 heavy (non-hydrogen) atoms. The molecule has 0 spiro atoms. The van der Waals surface area contributed by atoms with E-state index in [1.165, 1.54) is 19.2 Å². The molecular weight excluding hydrogens is 210 g/mol. The van der Waals surface area contributed by atoms with Crippen molar-refractivity contribution in [3.05, 3.63) is 39.3 Å². The summed E-state index contributed by atoms with van der Waals surface area (Å²) in [6.07, 6.45) is 0.595. The SMILES string of the molecule is COC(=O)c1cc(N=[N+]=[N-])cc(C=O)c1C. The molecule has 6 heteroatoms. The Morgan fingerprint density at radius 1 is 1.56 bits per heavy atom. The zero-order valence-corrected chi connectivity index (χ0v) is 8.80. The number of hydrogen-bond donors (Lipinski definition) is 0. The molecule has 0 unspecified atom stereocenters. The van der Waals surface area contributed by atoms with E-state index >= 15 is 0 Å². The number of azide groups is 1. The molecular formula is C10H9N3O3. The van der Waals surface area contributed by atoms with Crippen molar-refractivity contribution < 1.29 is 14.3 Å². The molecule has 0 aliphatic carbocycles. The van der Waals surface area contributed by atoms with Gasteiger partial charge in [-0.25, -0.2) is 4.79 Å². The Labute approximate surface area is 91.5 Å². The van der Waals surface area contributed by atoms with Gasteiger partial charge in [0.2, 0.25) is 0 Å². The van der Waals surface area contributed by atoms with Crippen LogP contribution in [0, 0.1) is 6.92 Å². The highest BCUT2D eigenvalue weighted by atomic mass is 16.5. The number of aldehydes is 1. The molecule has 0 saturated carbocycles. The lowest BCUT2D eigenvalue weighted by Gasteiger charge is -2.07. The van der Waals surface area contributed by atoms with E-state index in [4.69, 9.17) is 5.53 Å². The Kier molecular flexibility index (Phi) is 3.63. The van der Waals surface area contributed by atoms with Crippen LogP contribution in [0.5, 0.6) is 0 Å². The third-order valence-corrected chi connectivity index (χ3v) is 2.13. The van der Waals surface area contributed by atoms with Crippen molar-refractivity contribution in [3.8, 4) is 0 Å². The molecule has 1 rings (SSSR count). The lowest BCUT2D eigenvalue weighted by Crippen LogP contribution is -2.05. The van der Waals surface area contributed by atoms with E-state index in [9.17, 15) is 9.59 Å². The van der Waals surface area contributed by atoms with Crippen molar-refractivity contribution in [1.82, 2.24) is 0 Å². The van der Waals surface area contributed by atoms with Gasteiger partial charge in [-0.2, -0.15) is 0 Å². The van der Waals surface area contributed by atoms with E-state index in [-0.39, 0.29) is 11.3 Å². The summed E-state index contributed by atoms with van der Waals surface area (Å²) in [7, 11) is 1.24. The third kappa shape index (κ3) is 2.18. The maximum absolute atomic E-state index is 11.4. The minimum absolute atomic E-state index is 0.204. The Morgan fingerprint density at radius 2 is 2.25 bits per heavy atom. The van der Waals surface area contributed by atoms with Crippen LogP contribution < -0.4 is 0 Å². The van der Waals surface area contributed by atoms with Gasteiger partial charge in [-0.15, -0.1) is 0 Å². The topological polar surface area (TPSA) is 92.1 Å². The molecule has 6 nitrogen and oxygen atoms in total. The predicted molar refractivity (Wildman–Crippen MR) is 56.7 cm³/mol. The number of carbonyl (C=O) groups is 2. The highest BCUT2D eigenvalue weighted by Crippen LogP contribution is 2.22. The number of benzene rings is 1. The Balaban J connectivity index is 3.46. The van der Waals surface area contributed by atoms with Crippen LogP contribution in [0.25, 0.3) is 10.4 Å². The highest BCUT2D eigenvalue weighted by Gasteiger charge is 2.13. The summed E-state index contributed by atoms with van der Waals surface area (Å²) in [5.41, 5.74) is 9.51. The Hall–Kier alpha value is -2.33. The maximum atomic E-state index is 11.4. The lowest BCUT2D eigenvalue weighted by atomic mass is 10.0. The van der Waals surface area contributed by atoms with Crippen molar-refractivity contribution in [2.24, 2.45) is 5.11 Å². The van der Waals surface area contributed by atoms with Gasteiger partial charge >= 0.3 is 5.97 Å². The van der Waals surface area contributed by atoms with Gasteiger partial charge in [-0.3, -0.25) is 4.79 Å². The quantitative estimate of drug-likeness (QED) is 0.257. The van der Waals surface area contributed by atoms with Gasteiger partial charge in [0.1, 0.15) is 6.29 Å².